The number of amides is 2. The summed E-state index contributed by atoms with van der Waals surface area (Å²) in [5.41, 5.74) is 5.52. The molecule has 7 nitrogen and oxygen atoms in total. The second-order valence-corrected chi connectivity index (χ2v) is 6.98. The number of benzene rings is 1. The number of rotatable bonds is 6. The van der Waals surface area contributed by atoms with Gasteiger partial charge in [-0.05, 0) is 31.5 Å². The van der Waals surface area contributed by atoms with Gasteiger partial charge in [-0.1, -0.05) is 29.6 Å². The number of nitrogens with two attached hydrogens (primary N) is 1. The summed E-state index contributed by atoms with van der Waals surface area (Å²) in [6.45, 7) is 0.765. The Bertz CT molecular complexity index is 711. The van der Waals surface area contributed by atoms with Gasteiger partial charge in [-0.3, -0.25) is 14.5 Å². The van der Waals surface area contributed by atoms with Crippen LogP contribution in [0.3, 0.4) is 0 Å². The second-order valence-electron chi connectivity index (χ2n) is 6.14. The number of carbonyl (C=O) groups excluding carboxylic acids is 3. The smallest absolute Gasteiger partial charge is 0.340 e. The highest BCUT2D eigenvalue weighted by molar-refractivity contribution is 6.37. The Morgan fingerprint density at radius 1 is 1.31 bits per heavy atom. The number of piperidine rings is 1. The summed E-state index contributed by atoms with van der Waals surface area (Å²) in [5, 5.41) is 3.05. The van der Waals surface area contributed by atoms with Gasteiger partial charge >= 0.3 is 5.97 Å². The van der Waals surface area contributed by atoms with E-state index in [0.29, 0.717) is 6.54 Å². The third kappa shape index (κ3) is 5.33. The molecule has 0 aliphatic carbocycles. The molecule has 1 unspecified atom stereocenters. The van der Waals surface area contributed by atoms with Crippen molar-refractivity contribution in [1.82, 2.24) is 4.90 Å². The molecule has 0 aromatic heterocycles. The summed E-state index contributed by atoms with van der Waals surface area (Å²) in [5.74, 6) is -1.40. The largest absolute Gasteiger partial charge is 0.465 e. The third-order valence-electron chi connectivity index (χ3n) is 4.26. The summed E-state index contributed by atoms with van der Waals surface area (Å²) in [4.78, 5) is 37.6. The maximum atomic E-state index is 12.5. The first-order chi connectivity index (χ1) is 12.3. The van der Waals surface area contributed by atoms with E-state index in [1.54, 1.807) is 0 Å². The van der Waals surface area contributed by atoms with E-state index in [4.69, 9.17) is 33.7 Å². The van der Waals surface area contributed by atoms with Crippen molar-refractivity contribution in [3.05, 3.63) is 27.7 Å². The lowest BCUT2D eigenvalue weighted by atomic mass is 9.99. The van der Waals surface area contributed by atoms with Crippen molar-refractivity contribution in [3.63, 3.8) is 0 Å². The number of esters is 1. The number of hydrogen-bond donors (Lipinski definition) is 2. The number of nitrogens with one attached hydrogen (secondary N) is 1. The SMILES string of the molecule is COC(=O)c1cc(Cl)cc(Cl)c1NC(=O)CN1CCCCC1CC(N)=O. The van der Waals surface area contributed by atoms with Crippen molar-refractivity contribution < 1.29 is 19.1 Å². The van der Waals surface area contributed by atoms with Crippen LogP contribution in [-0.2, 0) is 14.3 Å². The number of ether oxygens (including phenoxy) is 1. The molecule has 0 radical (unpaired) electrons. The van der Waals surface area contributed by atoms with Crippen molar-refractivity contribution in [2.75, 3.05) is 25.5 Å². The van der Waals surface area contributed by atoms with Gasteiger partial charge in [0.05, 0.1) is 29.9 Å². The molecule has 1 heterocycles. The first-order valence-corrected chi connectivity index (χ1v) is 8.97. The molecule has 0 spiro atoms. The van der Waals surface area contributed by atoms with E-state index in [1.807, 2.05) is 4.90 Å². The van der Waals surface area contributed by atoms with Gasteiger partial charge < -0.3 is 15.8 Å². The highest BCUT2D eigenvalue weighted by Crippen LogP contribution is 2.31. The van der Waals surface area contributed by atoms with Gasteiger partial charge in [0.25, 0.3) is 0 Å². The Labute approximate surface area is 161 Å². The predicted molar refractivity (Wildman–Crippen MR) is 99.5 cm³/mol. The number of likely N-dealkylation sites (tertiary alicyclic amines) is 1. The molecular formula is C17H21Cl2N3O4. The molecular weight excluding hydrogens is 381 g/mol. The fourth-order valence-electron chi connectivity index (χ4n) is 3.07. The maximum Gasteiger partial charge on any atom is 0.340 e. The first kappa shape index (κ1) is 20.5. The van der Waals surface area contributed by atoms with E-state index >= 15 is 0 Å². The first-order valence-electron chi connectivity index (χ1n) is 8.21. The highest BCUT2D eigenvalue weighted by Gasteiger charge is 2.26. The molecule has 142 valence electrons. The van der Waals surface area contributed by atoms with Crippen molar-refractivity contribution in [3.8, 4) is 0 Å². The number of carbonyl (C=O) groups is 3. The van der Waals surface area contributed by atoms with E-state index in [-0.39, 0.29) is 46.2 Å². The maximum absolute atomic E-state index is 12.5. The number of nitrogens with zero attached hydrogens (tertiary/aromatic N) is 1. The van der Waals surface area contributed by atoms with Crippen LogP contribution in [0, 0.1) is 0 Å². The molecule has 1 atom stereocenters. The normalized spacial score (nSPS) is 17.6. The number of primary amides is 1. The van der Waals surface area contributed by atoms with Crippen LogP contribution in [0.4, 0.5) is 5.69 Å². The van der Waals surface area contributed by atoms with Gasteiger partial charge in [-0.15, -0.1) is 0 Å². The molecule has 0 saturated carbocycles. The minimum Gasteiger partial charge on any atom is -0.465 e. The molecule has 1 aliphatic rings. The quantitative estimate of drug-likeness (QED) is 0.712. The van der Waals surface area contributed by atoms with Crippen LogP contribution in [0.5, 0.6) is 0 Å². The lowest BCUT2D eigenvalue weighted by Crippen LogP contribution is -2.45. The van der Waals surface area contributed by atoms with E-state index < -0.39 is 11.9 Å². The molecule has 2 rings (SSSR count). The van der Waals surface area contributed by atoms with Crippen molar-refractivity contribution in [2.45, 2.75) is 31.7 Å². The van der Waals surface area contributed by atoms with Gasteiger partial charge in [0.2, 0.25) is 11.8 Å². The molecule has 1 saturated heterocycles. The topological polar surface area (TPSA) is 102 Å². The fraction of sp³-hybridized carbons (Fsp3) is 0.471. The summed E-state index contributed by atoms with van der Waals surface area (Å²) >= 11 is 12.1. The van der Waals surface area contributed by atoms with Crippen molar-refractivity contribution >= 4 is 46.7 Å². The average Bonchev–Trinajstić information content (AvgIpc) is 2.57. The highest BCUT2D eigenvalue weighted by atomic mass is 35.5. The molecule has 0 bridgehead atoms. The minimum absolute atomic E-state index is 0.0623. The molecule has 9 heteroatoms. The Hall–Kier alpha value is -1.83. The van der Waals surface area contributed by atoms with Gasteiger partial charge in [-0.25, -0.2) is 4.79 Å². The summed E-state index contributed by atoms with van der Waals surface area (Å²) in [6.07, 6.45) is 2.96. The van der Waals surface area contributed by atoms with Crippen LogP contribution >= 0.6 is 23.2 Å². The Morgan fingerprint density at radius 2 is 2.04 bits per heavy atom. The van der Waals surface area contributed by atoms with Crippen molar-refractivity contribution in [1.29, 1.82) is 0 Å². The van der Waals surface area contributed by atoms with E-state index in [0.717, 1.165) is 19.3 Å². The van der Waals surface area contributed by atoms with Crippen LogP contribution in [-0.4, -0.2) is 48.9 Å². The lowest BCUT2D eigenvalue weighted by molar-refractivity contribution is -0.122. The summed E-state index contributed by atoms with van der Waals surface area (Å²) in [6, 6.07) is 2.75. The number of halogens is 2. The van der Waals surface area contributed by atoms with E-state index in [2.05, 4.69) is 5.32 Å². The van der Waals surface area contributed by atoms with Crippen LogP contribution in [0.2, 0.25) is 10.0 Å². The molecule has 3 N–H and O–H groups in total. The fourth-order valence-corrected chi connectivity index (χ4v) is 3.61. The van der Waals surface area contributed by atoms with Gasteiger partial charge in [0, 0.05) is 17.5 Å². The zero-order valence-corrected chi connectivity index (χ0v) is 15.9. The van der Waals surface area contributed by atoms with Crippen LogP contribution in [0.1, 0.15) is 36.0 Å². The Kier molecular flexibility index (Phi) is 7.25. The number of methoxy groups -OCH3 is 1. The van der Waals surface area contributed by atoms with Gasteiger partial charge in [0.15, 0.2) is 0 Å². The van der Waals surface area contributed by atoms with Crippen LogP contribution in [0.25, 0.3) is 0 Å². The summed E-state index contributed by atoms with van der Waals surface area (Å²) in [7, 11) is 1.23. The third-order valence-corrected chi connectivity index (χ3v) is 4.77. The van der Waals surface area contributed by atoms with Gasteiger partial charge in [0.1, 0.15) is 0 Å². The van der Waals surface area contributed by atoms with Crippen LogP contribution in [0.15, 0.2) is 12.1 Å². The number of anilines is 1. The molecule has 26 heavy (non-hydrogen) atoms. The molecule has 1 fully saturated rings. The molecule has 1 aromatic rings. The monoisotopic (exact) mass is 401 g/mol. The molecule has 1 aliphatic heterocycles. The molecule has 2 amide bonds. The van der Waals surface area contributed by atoms with Crippen molar-refractivity contribution in [2.24, 2.45) is 5.73 Å². The predicted octanol–water partition coefficient (Wildman–Crippen LogP) is 2.45. The van der Waals surface area contributed by atoms with Gasteiger partial charge in [-0.2, -0.15) is 0 Å². The second kappa shape index (κ2) is 9.21. The standard InChI is InChI=1S/C17H21Cl2N3O4/c1-26-17(25)12-6-10(18)7-13(19)16(12)21-15(24)9-22-5-3-2-4-11(22)8-14(20)23/h6-7,11H,2-5,8-9H2,1H3,(H2,20,23)(H,21,24). The number of hydrogen-bond acceptors (Lipinski definition) is 5. The average molecular weight is 402 g/mol. The summed E-state index contributed by atoms with van der Waals surface area (Å²) < 4.78 is 4.71. The van der Waals surface area contributed by atoms with E-state index in [9.17, 15) is 14.4 Å². The lowest BCUT2D eigenvalue weighted by Gasteiger charge is -2.34. The van der Waals surface area contributed by atoms with E-state index in [1.165, 1.54) is 19.2 Å². The zero-order chi connectivity index (χ0) is 19.3. The Morgan fingerprint density at radius 3 is 2.69 bits per heavy atom. The van der Waals surface area contributed by atoms with Crippen LogP contribution < -0.4 is 11.1 Å². The Balaban J connectivity index is 2.14. The minimum atomic E-state index is -0.658. The molecule has 1 aromatic carbocycles. The zero-order valence-electron chi connectivity index (χ0n) is 14.4.